The summed E-state index contributed by atoms with van der Waals surface area (Å²) >= 11 is 0. The van der Waals surface area contributed by atoms with Crippen LogP contribution in [0.3, 0.4) is 0 Å². The molecular weight excluding hydrogens is 148 g/mol. The molecule has 0 aliphatic heterocycles. The Morgan fingerprint density at radius 2 is 2.00 bits per heavy atom. The van der Waals surface area contributed by atoms with E-state index < -0.39 is 0 Å². The molecule has 0 aromatic rings. The number of Topliss-reactive ketones (excluding diaryl/α,β-unsaturated/α-hetero) is 1. The molecular formula is C11H20O. The van der Waals surface area contributed by atoms with E-state index in [1.807, 2.05) is 0 Å². The fourth-order valence-electron chi connectivity index (χ4n) is 2.03. The highest BCUT2D eigenvalue weighted by molar-refractivity contribution is 5.81. The molecule has 0 spiro atoms. The standard InChI is InChI=1S/C11H20O/c1-9-5-4-7-11(3,8-6-9)10(2)12/h9H,4-8H2,1-3H3. The molecule has 2 atom stereocenters. The summed E-state index contributed by atoms with van der Waals surface area (Å²) < 4.78 is 0. The molecule has 12 heavy (non-hydrogen) atoms. The second-order valence-corrected chi connectivity index (χ2v) is 4.65. The summed E-state index contributed by atoms with van der Waals surface area (Å²) in [6.07, 6.45) is 5.98. The van der Waals surface area contributed by atoms with Gasteiger partial charge in [0.1, 0.15) is 5.78 Å². The molecule has 0 N–H and O–H groups in total. The lowest BCUT2D eigenvalue weighted by Gasteiger charge is -2.24. The van der Waals surface area contributed by atoms with Crippen molar-refractivity contribution in [2.75, 3.05) is 0 Å². The summed E-state index contributed by atoms with van der Waals surface area (Å²) in [5.41, 5.74) is 0.00472. The van der Waals surface area contributed by atoms with Gasteiger partial charge in [0.05, 0.1) is 0 Å². The van der Waals surface area contributed by atoms with Crippen LogP contribution in [-0.4, -0.2) is 5.78 Å². The Bertz CT molecular complexity index is 174. The number of carbonyl (C=O) groups excluding carboxylic acids is 1. The average Bonchev–Trinajstić information content (AvgIpc) is 2.15. The first-order valence-electron chi connectivity index (χ1n) is 5.06. The van der Waals surface area contributed by atoms with Gasteiger partial charge in [0.2, 0.25) is 0 Å². The molecule has 0 aromatic carbocycles. The molecule has 1 aliphatic carbocycles. The van der Waals surface area contributed by atoms with Gasteiger partial charge in [-0.3, -0.25) is 4.79 Å². The van der Waals surface area contributed by atoms with Crippen LogP contribution in [0.15, 0.2) is 0 Å². The van der Waals surface area contributed by atoms with E-state index >= 15 is 0 Å². The first-order valence-corrected chi connectivity index (χ1v) is 5.06. The molecule has 0 heterocycles. The first-order chi connectivity index (χ1) is 5.54. The zero-order chi connectivity index (χ0) is 9.19. The van der Waals surface area contributed by atoms with Crippen molar-refractivity contribution < 1.29 is 4.79 Å². The van der Waals surface area contributed by atoms with Crippen molar-refractivity contribution >= 4 is 5.78 Å². The van der Waals surface area contributed by atoms with Gasteiger partial charge >= 0.3 is 0 Å². The largest absolute Gasteiger partial charge is 0.299 e. The molecule has 0 radical (unpaired) electrons. The minimum absolute atomic E-state index is 0.00472. The van der Waals surface area contributed by atoms with Gasteiger partial charge in [-0.05, 0) is 32.1 Å². The quantitative estimate of drug-likeness (QED) is 0.549. The second kappa shape index (κ2) is 3.59. The van der Waals surface area contributed by atoms with Crippen molar-refractivity contribution in [3.63, 3.8) is 0 Å². The second-order valence-electron chi connectivity index (χ2n) is 4.65. The topological polar surface area (TPSA) is 17.1 Å². The molecule has 1 nitrogen and oxygen atoms in total. The normalized spacial score (nSPS) is 37.4. The Kier molecular flexibility index (Phi) is 2.92. The van der Waals surface area contributed by atoms with Crippen LogP contribution >= 0.6 is 0 Å². The molecule has 0 amide bonds. The summed E-state index contributed by atoms with van der Waals surface area (Å²) in [6.45, 7) is 6.18. The first kappa shape index (κ1) is 9.76. The van der Waals surface area contributed by atoms with E-state index in [1.165, 1.54) is 19.3 Å². The maximum absolute atomic E-state index is 11.4. The fraction of sp³-hybridized carbons (Fsp3) is 0.909. The van der Waals surface area contributed by atoms with E-state index in [1.54, 1.807) is 6.92 Å². The van der Waals surface area contributed by atoms with E-state index in [9.17, 15) is 4.79 Å². The lowest BCUT2D eigenvalue weighted by Crippen LogP contribution is -2.24. The minimum atomic E-state index is 0.00472. The SMILES string of the molecule is CC(=O)C1(C)CCCC(C)CC1. The van der Waals surface area contributed by atoms with Gasteiger partial charge in [-0.25, -0.2) is 0 Å². The molecule has 2 unspecified atom stereocenters. The maximum atomic E-state index is 11.4. The molecule has 70 valence electrons. The zero-order valence-electron chi connectivity index (χ0n) is 8.52. The van der Waals surface area contributed by atoms with Crippen molar-refractivity contribution in [2.24, 2.45) is 11.3 Å². The van der Waals surface area contributed by atoms with E-state index in [0.29, 0.717) is 5.78 Å². The number of rotatable bonds is 1. The third-order valence-electron chi connectivity index (χ3n) is 3.46. The summed E-state index contributed by atoms with van der Waals surface area (Å²) in [5.74, 6) is 1.21. The van der Waals surface area contributed by atoms with Gasteiger partial charge in [-0.1, -0.05) is 26.7 Å². The number of hydrogen-bond donors (Lipinski definition) is 0. The van der Waals surface area contributed by atoms with Crippen LogP contribution in [0.4, 0.5) is 0 Å². The lowest BCUT2D eigenvalue weighted by atomic mass is 9.79. The molecule has 0 saturated heterocycles. The van der Waals surface area contributed by atoms with Crippen LogP contribution in [0.2, 0.25) is 0 Å². The lowest BCUT2D eigenvalue weighted by molar-refractivity contribution is -0.126. The smallest absolute Gasteiger partial charge is 0.135 e. The average molecular weight is 168 g/mol. The monoisotopic (exact) mass is 168 g/mol. The predicted molar refractivity (Wildman–Crippen MR) is 51.0 cm³/mol. The summed E-state index contributed by atoms with van der Waals surface area (Å²) in [4.78, 5) is 11.4. The predicted octanol–water partition coefficient (Wildman–Crippen LogP) is 3.18. The van der Waals surface area contributed by atoms with Gasteiger partial charge in [-0.15, -0.1) is 0 Å². The molecule has 1 aliphatic rings. The number of hydrogen-bond acceptors (Lipinski definition) is 1. The Morgan fingerprint density at radius 3 is 2.58 bits per heavy atom. The molecule has 1 fully saturated rings. The van der Waals surface area contributed by atoms with E-state index in [4.69, 9.17) is 0 Å². The summed E-state index contributed by atoms with van der Waals surface area (Å²) in [6, 6.07) is 0. The van der Waals surface area contributed by atoms with Crippen molar-refractivity contribution in [1.29, 1.82) is 0 Å². The van der Waals surface area contributed by atoms with E-state index in [0.717, 1.165) is 18.8 Å². The van der Waals surface area contributed by atoms with Gasteiger partial charge < -0.3 is 0 Å². The number of carbonyl (C=O) groups is 1. The number of ketones is 1. The van der Waals surface area contributed by atoms with Crippen molar-refractivity contribution in [3.8, 4) is 0 Å². The Labute approximate surface area is 75.5 Å². The molecule has 1 saturated carbocycles. The molecule has 1 heteroatoms. The van der Waals surface area contributed by atoms with Gasteiger partial charge in [0.15, 0.2) is 0 Å². The third-order valence-corrected chi connectivity index (χ3v) is 3.46. The van der Waals surface area contributed by atoms with Crippen LogP contribution < -0.4 is 0 Å². The molecule has 0 bridgehead atoms. The van der Waals surface area contributed by atoms with E-state index in [-0.39, 0.29) is 5.41 Å². The molecule has 1 rings (SSSR count). The van der Waals surface area contributed by atoms with E-state index in [2.05, 4.69) is 13.8 Å². The molecule has 0 aromatic heterocycles. The van der Waals surface area contributed by atoms with Crippen molar-refractivity contribution in [2.45, 2.75) is 52.9 Å². The van der Waals surface area contributed by atoms with Crippen LogP contribution in [0, 0.1) is 11.3 Å². The zero-order valence-corrected chi connectivity index (χ0v) is 8.52. The maximum Gasteiger partial charge on any atom is 0.135 e. The van der Waals surface area contributed by atoms with Gasteiger partial charge in [0, 0.05) is 5.41 Å². The van der Waals surface area contributed by atoms with Crippen molar-refractivity contribution in [3.05, 3.63) is 0 Å². The highest BCUT2D eigenvalue weighted by Crippen LogP contribution is 2.37. The Morgan fingerprint density at radius 1 is 1.33 bits per heavy atom. The minimum Gasteiger partial charge on any atom is -0.299 e. The van der Waals surface area contributed by atoms with Crippen molar-refractivity contribution in [1.82, 2.24) is 0 Å². The van der Waals surface area contributed by atoms with Crippen LogP contribution in [0.1, 0.15) is 52.9 Å². The Balaban J connectivity index is 2.61. The highest BCUT2D eigenvalue weighted by atomic mass is 16.1. The van der Waals surface area contributed by atoms with Crippen LogP contribution in [-0.2, 0) is 4.79 Å². The van der Waals surface area contributed by atoms with Crippen LogP contribution in [0.5, 0.6) is 0 Å². The fourth-order valence-corrected chi connectivity index (χ4v) is 2.03. The van der Waals surface area contributed by atoms with Gasteiger partial charge in [-0.2, -0.15) is 0 Å². The highest BCUT2D eigenvalue weighted by Gasteiger charge is 2.31. The summed E-state index contributed by atoms with van der Waals surface area (Å²) in [5, 5.41) is 0. The summed E-state index contributed by atoms with van der Waals surface area (Å²) in [7, 11) is 0. The third kappa shape index (κ3) is 2.09. The Hall–Kier alpha value is -0.330. The van der Waals surface area contributed by atoms with Gasteiger partial charge in [0.25, 0.3) is 0 Å². The van der Waals surface area contributed by atoms with Crippen LogP contribution in [0.25, 0.3) is 0 Å².